The number of hydrogen-bond donors (Lipinski definition) is 0. The van der Waals surface area contributed by atoms with Gasteiger partial charge in [0.15, 0.2) is 11.2 Å². The van der Waals surface area contributed by atoms with Gasteiger partial charge in [-0.2, -0.15) is 4.98 Å². The number of imidazole rings is 1. The lowest BCUT2D eigenvalue weighted by atomic mass is 10.1. The molecule has 1 atom stereocenters. The quantitative estimate of drug-likeness (QED) is 0.764. The molecule has 0 N–H and O–H groups in total. The molecule has 21 heavy (non-hydrogen) atoms. The van der Waals surface area contributed by atoms with Crippen LogP contribution in [0.2, 0.25) is 5.28 Å². The highest BCUT2D eigenvalue weighted by atomic mass is 35.5. The number of aromatic nitrogens is 4. The Bertz CT molecular complexity index is 798. The van der Waals surface area contributed by atoms with Crippen molar-refractivity contribution < 1.29 is 4.74 Å². The minimum Gasteiger partial charge on any atom is -0.376 e. The van der Waals surface area contributed by atoms with E-state index >= 15 is 0 Å². The monoisotopic (exact) mass is 312 g/mol. The van der Waals surface area contributed by atoms with Gasteiger partial charge in [0.2, 0.25) is 5.28 Å². The first-order valence-corrected chi connectivity index (χ1v) is 7.32. The van der Waals surface area contributed by atoms with Gasteiger partial charge in [0.1, 0.15) is 0 Å². The summed E-state index contributed by atoms with van der Waals surface area (Å²) in [7, 11) is 3.03. The second-order valence-electron chi connectivity index (χ2n) is 5.36. The normalized spacial score (nSPS) is 19.3. The van der Waals surface area contributed by atoms with E-state index in [0.29, 0.717) is 17.7 Å². The molecule has 1 aliphatic rings. The molecule has 1 saturated heterocycles. The summed E-state index contributed by atoms with van der Waals surface area (Å²) >= 11 is 6.17. The van der Waals surface area contributed by atoms with Gasteiger partial charge in [0, 0.05) is 20.7 Å². The minimum absolute atomic E-state index is 0.0237. The predicted molar refractivity (Wildman–Crippen MR) is 78.8 cm³/mol. The van der Waals surface area contributed by atoms with Crippen LogP contribution in [0.1, 0.15) is 19.3 Å². The van der Waals surface area contributed by atoms with Gasteiger partial charge in [-0.3, -0.25) is 13.9 Å². The Labute approximate surface area is 125 Å². The molecule has 0 amide bonds. The lowest BCUT2D eigenvalue weighted by Crippen LogP contribution is -2.38. The van der Waals surface area contributed by atoms with Crippen molar-refractivity contribution in [2.24, 2.45) is 14.1 Å². The van der Waals surface area contributed by atoms with Crippen molar-refractivity contribution in [1.82, 2.24) is 18.7 Å². The van der Waals surface area contributed by atoms with Gasteiger partial charge in [-0.25, -0.2) is 4.79 Å². The number of ether oxygens (including phenoxy) is 1. The Morgan fingerprint density at radius 2 is 2.05 bits per heavy atom. The van der Waals surface area contributed by atoms with Crippen molar-refractivity contribution in [1.29, 1.82) is 0 Å². The maximum absolute atomic E-state index is 12.4. The third-order valence-electron chi connectivity index (χ3n) is 3.96. The van der Waals surface area contributed by atoms with Crippen LogP contribution in [0.25, 0.3) is 11.2 Å². The lowest BCUT2D eigenvalue weighted by Gasteiger charge is -2.23. The highest BCUT2D eigenvalue weighted by Gasteiger charge is 2.22. The molecular weight excluding hydrogens is 296 g/mol. The average molecular weight is 313 g/mol. The second-order valence-corrected chi connectivity index (χ2v) is 5.70. The summed E-state index contributed by atoms with van der Waals surface area (Å²) in [6.07, 6.45) is 3.12. The van der Waals surface area contributed by atoms with Crippen molar-refractivity contribution in [3.8, 4) is 0 Å². The molecule has 0 saturated carbocycles. The van der Waals surface area contributed by atoms with E-state index in [4.69, 9.17) is 16.3 Å². The maximum Gasteiger partial charge on any atom is 0.332 e. The van der Waals surface area contributed by atoms with Crippen molar-refractivity contribution in [3.63, 3.8) is 0 Å². The molecule has 8 heteroatoms. The summed E-state index contributed by atoms with van der Waals surface area (Å²) in [5.74, 6) is 0. The fourth-order valence-corrected chi connectivity index (χ4v) is 2.98. The Hall–Kier alpha value is -1.60. The summed E-state index contributed by atoms with van der Waals surface area (Å²) in [5, 5.41) is 0.206. The first-order valence-electron chi connectivity index (χ1n) is 6.94. The largest absolute Gasteiger partial charge is 0.376 e. The van der Waals surface area contributed by atoms with Crippen LogP contribution in [-0.4, -0.2) is 31.4 Å². The molecule has 7 nitrogen and oxygen atoms in total. The van der Waals surface area contributed by atoms with Crippen molar-refractivity contribution >= 4 is 22.8 Å². The van der Waals surface area contributed by atoms with Gasteiger partial charge in [-0.05, 0) is 30.9 Å². The van der Waals surface area contributed by atoms with Gasteiger partial charge in [-0.15, -0.1) is 0 Å². The van der Waals surface area contributed by atoms with Crippen LogP contribution in [0.15, 0.2) is 9.59 Å². The topological polar surface area (TPSA) is 71.0 Å². The van der Waals surface area contributed by atoms with Crippen LogP contribution >= 0.6 is 11.6 Å². The molecular formula is C13H17ClN4O3. The first-order chi connectivity index (χ1) is 10.0. The number of aryl methyl sites for hydroxylation is 1. The van der Waals surface area contributed by atoms with E-state index in [-0.39, 0.29) is 16.9 Å². The van der Waals surface area contributed by atoms with Crippen LogP contribution in [0.5, 0.6) is 0 Å². The molecule has 1 aliphatic heterocycles. The molecule has 1 fully saturated rings. The number of halogens is 1. The second kappa shape index (κ2) is 5.31. The van der Waals surface area contributed by atoms with Crippen LogP contribution < -0.4 is 11.2 Å². The van der Waals surface area contributed by atoms with Crippen LogP contribution in [0, 0.1) is 0 Å². The van der Waals surface area contributed by atoms with Crippen molar-refractivity contribution in [2.45, 2.75) is 31.9 Å². The Morgan fingerprint density at radius 1 is 1.29 bits per heavy atom. The lowest BCUT2D eigenvalue weighted by molar-refractivity contribution is 0.00661. The molecule has 0 aromatic carbocycles. The summed E-state index contributed by atoms with van der Waals surface area (Å²) in [6.45, 7) is 1.20. The zero-order valence-electron chi connectivity index (χ0n) is 12.0. The summed E-state index contributed by atoms with van der Waals surface area (Å²) in [6, 6.07) is 0. The zero-order chi connectivity index (χ0) is 15.1. The molecule has 0 bridgehead atoms. The third kappa shape index (κ3) is 2.30. The Morgan fingerprint density at radius 3 is 2.71 bits per heavy atom. The highest BCUT2D eigenvalue weighted by Crippen LogP contribution is 2.20. The van der Waals surface area contributed by atoms with E-state index in [1.165, 1.54) is 11.6 Å². The number of rotatable bonds is 2. The molecule has 114 valence electrons. The number of fused-ring (bicyclic) bond motifs is 1. The first kappa shape index (κ1) is 14.3. The molecule has 0 aliphatic carbocycles. The predicted octanol–water partition coefficient (Wildman–Crippen LogP) is 0.656. The Kier molecular flexibility index (Phi) is 3.62. The maximum atomic E-state index is 12.4. The van der Waals surface area contributed by atoms with Gasteiger partial charge >= 0.3 is 5.69 Å². The number of nitrogens with zero attached hydrogens (tertiary/aromatic N) is 4. The van der Waals surface area contributed by atoms with Crippen LogP contribution in [-0.2, 0) is 25.4 Å². The summed E-state index contributed by atoms with van der Waals surface area (Å²) in [4.78, 5) is 28.5. The summed E-state index contributed by atoms with van der Waals surface area (Å²) in [5.41, 5.74) is -0.145. The van der Waals surface area contributed by atoms with Crippen molar-refractivity contribution in [2.75, 3.05) is 6.61 Å². The molecule has 2 aromatic heterocycles. The Balaban J connectivity index is 2.16. The van der Waals surface area contributed by atoms with E-state index in [1.807, 2.05) is 0 Å². The molecule has 0 spiro atoms. The van der Waals surface area contributed by atoms with E-state index in [0.717, 1.165) is 30.4 Å². The fraction of sp³-hybridized carbons (Fsp3) is 0.615. The smallest absolute Gasteiger partial charge is 0.332 e. The molecule has 0 radical (unpaired) electrons. The van der Waals surface area contributed by atoms with Crippen molar-refractivity contribution in [3.05, 3.63) is 26.1 Å². The highest BCUT2D eigenvalue weighted by molar-refractivity contribution is 6.29. The van der Waals surface area contributed by atoms with Crippen LogP contribution in [0.4, 0.5) is 0 Å². The molecule has 0 unspecified atom stereocenters. The molecule has 3 heterocycles. The van der Waals surface area contributed by atoms with Crippen LogP contribution in [0.3, 0.4) is 0 Å². The van der Waals surface area contributed by atoms with E-state index in [1.54, 1.807) is 11.6 Å². The summed E-state index contributed by atoms with van der Waals surface area (Å²) < 4.78 is 9.74. The SMILES string of the molecule is Cn1c(=O)c2c(nc(Cl)n2C[C@H]2CCCCO2)n(C)c1=O. The standard InChI is InChI=1S/C13H17ClN4O3/c1-16-10-9(11(19)17(2)13(16)20)18(12(14)15-10)7-8-5-3-4-6-21-8/h8H,3-7H2,1-2H3/t8-/m1/s1. The zero-order valence-corrected chi connectivity index (χ0v) is 12.8. The van der Waals surface area contributed by atoms with E-state index in [9.17, 15) is 9.59 Å². The fourth-order valence-electron chi connectivity index (χ4n) is 2.74. The number of hydrogen-bond acceptors (Lipinski definition) is 4. The van der Waals surface area contributed by atoms with E-state index < -0.39 is 5.69 Å². The van der Waals surface area contributed by atoms with Gasteiger partial charge in [-0.1, -0.05) is 0 Å². The molecule has 2 aromatic rings. The van der Waals surface area contributed by atoms with Gasteiger partial charge in [0.05, 0.1) is 12.6 Å². The third-order valence-corrected chi connectivity index (χ3v) is 4.25. The van der Waals surface area contributed by atoms with Gasteiger partial charge < -0.3 is 9.30 Å². The van der Waals surface area contributed by atoms with Gasteiger partial charge in [0.25, 0.3) is 5.56 Å². The minimum atomic E-state index is -0.414. The van der Waals surface area contributed by atoms with E-state index in [2.05, 4.69) is 4.98 Å². The molecule has 3 rings (SSSR count). The average Bonchev–Trinajstić information content (AvgIpc) is 2.81.